The summed E-state index contributed by atoms with van der Waals surface area (Å²) in [5.74, 6) is 1.52. The maximum Gasteiger partial charge on any atom is 0.136 e. The van der Waals surface area contributed by atoms with Crippen molar-refractivity contribution in [1.29, 1.82) is 0 Å². The zero-order chi connectivity index (χ0) is 12.4. The Labute approximate surface area is 104 Å². The fourth-order valence-electron chi connectivity index (χ4n) is 1.89. The first kappa shape index (κ1) is 10.8. The second-order valence-electron chi connectivity index (χ2n) is 3.90. The van der Waals surface area contributed by atoms with E-state index in [0.717, 1.165) is 28.2 Å². The van der Waals surface area contributed by atoms with Crippen LogP contribution >= 0.6 is 0 Å². The molecule has 4 nitrogen and oxygen atoms in total. The molecule has 4 heteroatoms. The van der Waals surface area contributed by atoms with E-state index in [0.29, 0.717) is 6.54 Å². The summed E-state index contributed by atoms with van der Waals surface area (Å²) in [7, 11) is 0. The Morgan fingerprint density at radius 3 is 2.78 bits per heavy atom. The minimum atomic E-state index is 0.390. The quantitative estimate of drug-likeness (QED) is 0.764. The summed E-state index contributed by atoms with van der Waals surface area (Å²) in [5, 5.41) is 0. The van der Waals surface area contributed by atoms with Crippen LogP contribution in [0.1, 0.15) is 5.76 Å². The first-order valence-electron chi connectivity index (χ1n) is 5.64. The van der Waals surface area contributed by atoms with Crippen LogP contribution < -0.4 is 5.73 Å². The Hall–Kier alpha value is -2.33. The van der Waals surface area contributed by atoms with E-state index in [1.165, 1.54) is 0 Å². The number of rotatable bonds is 3. The first-order chi connectivity index (χ1) is 8.88. The summed E-state index contributed by atoms with van der Waals surface area (Å²) in [6.45, 7) is 0.390. The molecule has 0 saturated carbocycles. The fourth-order valence-corrected chi connectivity index (χ4v) is 1.89. The molecule has 3 aromatic rings. The lowest BCUT2D eigenvalue weighted by molar-refractivity contribution is 0.525. The molecule has 0 fully saturated rings. The average Bonchev–Trinajstić information content (AvgIpc) is 3.10. The van der Waals surface area contributed by atoms with Crippen molar-refractivity contribution in [2.45, 2.75) is 6.54 Å². The summed E-state index contributed by atoms with van der Waals surface area (Å²) >= 11 is 0. The molecule has 3 heterocycles. The van der Waals surface area contributed by atoms with Crippen LogP contribution in [0.4, 0.5) is 0 Å². The third-order valence-electron chi connectivity index (χ3n) is 2.78. The molecule has 3 rings (SSSR count). The van der Waals surface area contributed by atoms with E-state index < -0.39 is 0 Å². The highest BCUT2D eigenvalue weighted by Crippen LogP contribution is 2.32. The van der Waals surface area contributed by atoms with Crippen LogP contribution in [0.3, 0.4) is 0 Å². The van der Waals surface area contributed by atoms with Crippen molar-refractivity contribution in [2.24, 2.45) is 5.73 Å². The number of nitrogens with two attached hydrogens (primary N) is 1. The van der Waals surface area contributed by atoms with Crippen LogP contribution in [0, 0.1) is 0 Å². The maximum absolute atomic E-state index is 5.66. The standard InChI is InChI=1S/C14H12N2O2/c15-7-11-1-2-14(18-11)13-8-16-5-3-12(13)10-4-6-17-9-10/h1-6,8-9H,7,15H2. The SMILES string of the molecule is NCc1ccc(-c2cnccc2-c2ccoc2)o1. The number of hydrogen-bond donors (Lipinski definition) is 1. The van der Waals surface area contributed by atoms with Gasteiger partial charge in [0.25, 0.3) is 0 Å². The molecule has 0 bridgehead atoms. The molecule has 0 aliphatic heterocycles. The minimum Gasteiger partial charge on any atom is -0.472 e. The summed E-state index contributed by atoms with van der Waals surface area (Å²) in [6, 6.07) is 7.63. The van der Waals surface area contributed by atoms with Gasteiger partial charge in [-0.25, -0.2) is 0 Å². The molecule has 0 radical (unpaired) electrons. The molecule has 0 aliphatic rings. The first-order valence-corrected chi connectivity index (χ1v) is 5.64. The highest BCUT2D eigenvalue weighted by Gasteiger charge is 2.11. The van der Waals surface area contributed by atoms with Gasteiger partial charge in [0, 0.05) is 23.5 Å². The molecule has 0 spiro atoms. The van der Waals surface area contributed by atoms with Gasteiger partial charge in [0.15, 0.2) is 0 Å². The van der Waals surface area contributed by atoms with Crippen LogP contribution in [-0.2, 0) is 6.54 Å². The molecular formula is C14H12N2O2. The molecule has 2 N–H and O–H groups in total. The molecule has 0 amide bonds. The number of aromatic nitrogens is 1. The predicted octanol–water partition coefficient (Wildman–Crippen LogP) is 3.06. The smallest absolute Gasteiger partial charge is 0.136 e. The minimum absolute atomic E-state index is 0.390. The Balaban J connectivity index is 2.12. The number of furan rings is 2. The zero-order valence-corrected chi connectivity index (χ0v) is 9.67. The van der Waals surface area contributed by atoms with E-state index in [-0.39, 0.29) is 0 Å². The molecular weight excluding hydrogens is 228 g/mol. The maximum atomic E-state index is 5.66. The van der Waals surface area contributed by atoms with Gasteiger partial charge < -0.3 is 14.6 Å². The zero-order valence-electron chi connectivity index (χ0n) is 9.67. The normalized spacial score (nSPS) is 10.7. The predicted molar refractivity (Wildman–Crippen MR) is 67.5 cm³/mol. The van der Waals surface area contributed by atoms with Crippen molar-refractivity contribution >= 4 is 0 Å². The van der Waals surface area contributed by atoms with Crippen molar-refractivity contribution in [3.05, 3.63) is 54.9 Å². The van der Waals surface area contributed by atoms with Gasteiger partial charge in [0.1, 0.15) is 11.5 Å². The van der Waals surface area contributed by atoms with E-state index in [2.05, 4.69) is 4.98 Å². The van der Waals surface area contributed by atoms with Crippen molar-refractivity contribution < 1.29 is 8.83 Å². The van der Waals surface area contributed by atoms with E-state index >= 15 is 0 Å². The topological polar surface area (TPSA) is 65.2 Å². The van der Waals surface area contributed by atoms with Gasteiger partial charge in [-0.1, -0.05) is 0 Å². The Morgan fingerprint density at radius 2 is 2.06 bits per heavy atom. The summed E-state index contributed by atoms with van der Waals surface area (Å²) in [6.07, 6.45) is 6.87. The summed E-state index contributed by atoms with van der Waals surface area (Å²) in [5.41, 5.74) is 8.50. The molecule has 0 aliphatic carbocycles. The monoisotopic (exact) mass is 240 g/mol. The van der Waals surface area contributed by atoms with Gasteiger partial charge in [0.2, 0.25) is 0 Å². The lowest BCUT2D eigenvalue weighted by Crippen LogP contribution is -1.92. The number of nitrogens with zero attached hydrogens (tertiary/aromatic N) is 1. The second-order valence-corrected chi connectivity index (χ2v) is 3.90. The van der Waals surface area contributed by atoms with Gasteiger partial charge in [-0.15, -0.1) is 0 Å². The van der Waals surface area contributed by atoms with Crippen LogP contribution in [-0.4, -0.2) is 4.98 Å². The molecule has 0 atom stereocenters. The van der Waals surface area contributed by atoms with Gasteiger partial charge in [-0.3, -0.25) is 4.98 Å². The highest BCUT2D eigenvalue weighted by atomic mass is 16.3. The van der Waals surface area contributed by atoms with Crippen LogP contribution in [0.15, 0.2) is 58.0 Å². The third kappa shape index (κ3) is 1.83. The molecule has 0 aromatic carbocycles. The van der Waals surface area contributed by atoms with Gasteiger partial charge in [-0.05, 0) is 29.8 Å². The third-order valence-corrected chi connectivity index (χ3v) is 2.78. The van der Waals surface area contributed by atoms with E-state index in [1.54, 1.807) is 24.9 Å². The number of hydrogen-bond acceptors (Lipinski definition) is 4. The van der Waals surface area contributed by atoms with Crippen LogP contribution in [0.2, 0.25) is 0 Å². The lowest BCUT2D eigenvalue weighted by atomic mass is 10.0. The van der Waals surface area contributed by atoms with Crippen LogP contribution in [0.25, 0.3) is 22.5 Å². The molecule has 18 heavy (non-hydrogen) atoms. The molecule has 3 aromatic heterocycles. The van der Waals surface area contributed by atoms with Crippen molar-refractivity contribution in [1.82, 2.24) is 4.98 Å². The Morgan fingerprint density at radius 1 is 1.11 bits per heavy atom. The molecule has 0 unspecified atom stereocenters. The second kappa shape index (κ2) is 4.50. The van der Waals surface area contributed by atoms with E-state index in [4.69, 9.17) is 14.6 Å². The highest BCUT2D eigenvalue weighted by molar-refractivity contribution is 5.79. The largest absolute Gasteiger partial charge is 0.472 e. The molecule has 0 saturated heterocycles. The van der Waals surface area contributed by atoms with Gasteiger partial charge >= 0.3 is 0 Å². The molecule has 90 valence electrons. The Bertz CT molecular complexity index is 641. The summed E-state index contributed by atoms with van der Waals surface area (Å²) in [4.78, 5) is 4.14. The van der Waals surface area contributed by atoms with Crippen molar-refractivity contribution in [3.63, 3.8) is 0 Å². The fraction of sp³-hybridized carbons (Fsp3) is 0.0714. The van der Waals surface area contributed by atoms with Gasteiger partial charge in [-0.2, -0.15) is 0 Å². The van der Waals surface area contributed by atoms with Crippen molar-refractivity contribution in [3.8, 4) is 22.5 Å². The summed E-state index contributed by atoms with van der Waals surface area (Å²) < 4.78 is 10.8. The lowest BCUT2D eigenvalue weighted by Gasteiger charge is -2.04. The Kier molecular flexibility index (Phi) is 2.70. The van der Waals surface area contributed by atoms with E-state index in [9.17, 15) is 0 Å². The van der Waals surface area contributed by atoms with Crippen LogP contribution in [0.5, 0.6) is 0 Å². The van der Waals surface area contributed by atoms with Gasteiger partial charge in [0.05, 0.1) is 19.1 Å². The average molecular weight is 240 g/mol. The number of pyridine rings is 1. The van der Waals surface area contributed by atoms with Crippen molar-refractivity contribution in [2.75, 3.05) is 0 Å². The van der Waals surface area contributed by atoms with E-state index in [1.807, 2.05) is 24.3 Å².